The van der Waals surface area contributed by atoms with Gasteiger partial charge in [-0.1, -0.05) is 12.2 Å². The lowest BCUT2D eigenvalue weighted by molar-refractivity contribution is 0.0787. The molecule has 3 N–H and O–H groups in total. The molecule has 0 saturated carbocycles. The summed E-state index contributed by atoms with van der Waals surface area (Å²) in [7, 11) is 1.45. The molecule has 1 aromatic rings. The van der Waals surface area contributed by atoms with Gasteiger partial charge in [-0.05, 0) is 25.1 Å². The average molecular weight is 268 g/mol. The summed E-state index contributed by atoms with van der Waals surface area (Å²) in [6.45, 7) is 2.54. The number of phenols is 1. The number of likely N-dealkylation sites (N-methyl/N-ethyl adjacent to an activating group) is 1. The summed E-state index contributed by atoms with van der Waals surface area (Å²) < 4.78 is 4.92. The highest BCUT2D eigenvalue weighted by atomic mass is 32.1. The van der Waals surface area contributed by atoms with E-state index >= 15 is 0 Å². The van der Waals surface area contributed by atoms with E-state index in [2.05, 4.69) is 0 Å². The van der Waals surface area contributed by atoms with E-state index in [1.165, 1.54) is 24.1 Å². The molecule has 0 aliphatic carbocycles. The largest absolute Gasteiger partial charge is 0.504 e. The van der Waals surface area contributed by atoms with Gasteiger partial charge in [-0.15, -0.1) is 0 Å². The average Bonchev–Trinajstić information content (AvgIpc) is 2.34. The molecule has 0 spiro atoms. The van der Waals surface area contributed by atoms with Crippen LogP contribution in [0.3, 0.4) is 0 Å². The van der Waals surface area contributed by atoms with Crippen molar-refractivity contribution in [3.63, 3.8) is 0 Å². The van der Waals surface area contributed by atoms with E-state index in [0.717, 1.165) is 0 Å². The highest BCUT2D eigenvalue weighted by Crippen LogP contribution is 2.26. The number of phenolic OH excluding ortho intramolecular Hbond substituents is 1. The Morgan fingerprint density at radius 2 is 2.22 bits per heavy atom. The van der Waals surface area contributed by atoms with Gasteiger partial charge in [0.05, 0.1) is 18.6 Å². The molecule has 0 aliphatic heterocycles. The van der Waals surface area contributed by atoms with Crippen molar-refractivity contribution in [2.24, 2.45) is 5.73 Å². The molecule has 0 bridgehead atoms. The Hall–Kier alpha value is -1.82. The summed E-state index contributed by atoms with van der Waals surface area (Å²) >= 11 is 4.79. The number of nitrogens with two attached hydrogens (primary N) is 1. The third kappa shape index (κ3) is 3.33. The van der Waals surface area contributed by atoms with Gasteiger partial charge in [0.1, 0.15) is 0 Å². The number of benzene rings is 1. The first-order valence-corrected chi connectivity index (χ1v) is 5.85. The monoisotopic (exact) mass is 268 g/mol. The molecule has 0 aliphatic rings. The second-order valence-electron chi connectivity index (χ2n) is 3.67. The normalized spacial score (nSPS) is 9.89. The minimum atomic E-state index is -0.233. The van der Waals surface area contributed by atoms with Gasteiger partial charge in [0.2, 0.25) is 0 Å². The van der Waals surface area contributed by atoms with Crippen molar-refractivity contribution in [1.82, 2.24) is 4.90 Å². The van der Waals surface area contributed by atoms with Crippen LogP contribution in [0.15, 0.2) is 18.2 Å². The lowest BCUT2D eigenvalue weighted by atomic mass is 10.1. The molecular formula is C12H16N2O3S. The summed E-state index contributed by atoms with van der Waals surface area (Å²) in [6, 6.07) is 4.49. The summed E-state index contributed by atoms with van der Waals surface area (Å²) in [6.07, 6.45) is 0. The van der Waals surface area contributed by atoms with Crippen molar-refractivity contribution >= 4 is 23.1 Å². The van der Waals surface area contributed by atoms with E-state index in [1.54, 1.807) is 6.07 Å². The van der Waals surface area contributed by atoms with E-state index in [9.17, 15) is 9.90 Å². The zero-order chi connectivity index (χ0) is 13.7. The van der Waals surface area contributed by atoms with Crippen LogP contribution in [0.4, 0.5) is 0 Å². The Bertz CT molecular complexity index is 463. The van der Waals surface area contributed by atoms with Crippen LogP contribution in [-0.4, -0.2) is 41.1 Å². The molecule has 0 atom stereocenters. The first-order valence-electron chi connectivity index (χ1n) is 5.44. The topological polar surface area (TPSA) is 75.8 Å². The fourth-order valence-electron chi connectivity index (χ4n) is 1.52. The molecule has 0 fully saturated rings. The lowest BCUT2D eigenvalue weighted by Crippen LogP contribution is -2.37. The number of rotatable bonds is 5. The van der Waals surface area contributed by atoms with Crippen molar-refractivity contribution in [3.05, 3.63) is 23.8 Å². The van der Waals surface area contributed by atoms with Crippen LogP contribution in [0.5, 0.6) is 11.5 Å². The Kier molecular flexibility index (Phi) is 4.91. The third-order valence-corrected chi connectivity index (χ3v) is 2.57. The smallest absolute Gasteiger partial charge is 0.254 e. The number of carbonyl (C=O) groups excluding carboxylic acids is 1. The van der Waals surface area contributed by atoms with Gasteiger partial charge in [-0.3, -0.25) is 4.79 Å². The van der Waals surface area contributed by atoms with Crippen LogP contribution in [0.2, 0.25) is 0 Å². The molecule has 0 radical (unpaired) electrons. The first-order chi connectivity index (χ1) is 8.49. The number of thiocarbonyl (C=S) groups is 1. The maximum Gasteiger partial charge on any atom is 0.254 e. The Balaban J connectivity index is 2.95. The third-order valence-electron chi connectivity index (χ3n) is 2.44. The fraction of sp³-hybridized carbons (Fsp3) is 0.333. The van der Waals surface area contributed by atoms with Crippen molar-refractivity contribution in [2.45, 2.75) is 6.92 Å². The van der Waals surface area contributed by atoms with E-state index in [0.29, 0.717) is 17.9 Å². The number of ether oxygens (including phenoxy) is 1. The Labute approximate surface area is 111 Å². The molecule has 0 unspecified atom stereocenters. The van der Waals surface area contributed by atoms with Crippen molar-refractivity contribution < 1.29 is 14.6 Å². The van der Waals surface area contributed by atoms with Crippen LogP contribution >= 0.6 is 12.2 Å². The number of hydrogen-bond donors (Lipinski definition) is 2. The zero-order valence-corrected chi connectivity index (χ0v) is 11.2. The standard InChI is InChI=1S/C12H16N2O3S/c1-3-14(7-11(13)18)12(16)8-4-5-10(17-2)9(15)6-8/h4-6,15H,3,7H2,1-2H3,(H2,13,18). The summed E-state index contributed by atoms with van der Waals surface area (Å²) in [5, 5.41) is 9.63. The van der Waals surface area contributed by atoms with Gasteiger partial charge in [-0.25, -0.2) is 0 Å². The van der Waals surface area contributed by atoms with Gasteiger partial charge < -0.3 is 20.5 Å². The van der Waals surface area contributed by atoms with Gasteiger partial charge in [0.15, 0.2) is 11.5 Å². The number of nitrogens with zero attached hydrogens (tertiary/aromatic N) is 1. The summed E-state index contributed by atoms with van der Waals surface area (Å²) in [5.41, 5.74) is 5.80. The molecule has 0 aromatic heterocycles. The molecule has 6 heteroatoms. The molecule has 5 nitrogen and oxygen atoms in total. The van der Waals surface area contributed by atoms with Crippen molar-refractivity contribution in [1.29, 1.82) is 0 Å². The van der Waals surface area contributed by atoms with E-state index in [-0.39, 0.29) is 23.2 Å². The van der Waals surface area contributed by atoms with Crippen LogP contribution in [0.1, 0.15) is 17.3 Å². The summed E-state index contributed by atoms with van der Waals surface area (Å²) in [5.74, 6) is 0.0157. The fourth-order valence-corrected chi connectivity index (χ4v) is 1.68. The maximum absolute atomic E-state index is 12.1. The predicted molar refractivity (Wildman–Crippen MR) is 73.0 cm³/mol. The van der Waals surface area contributed by atoms with E-state index in [1.807, 2.05) is 6.92 Å². The van der Waals surface area contributed by atoms with Crippen LogP contribution in [0.25, 0.3) is 0 Å². The second kappa shape index (κ2) is 6.20. The number of amides is 1. The molecule has 98 valence electrons. The second-order valence-corrected chi connectivity index (χ2v) is 4.20. The lowest BCUT2D eigenvalue weighted by Gasteiger charge is -2.20. The van der Waals surface area contributed by atoms with E-state index < -0.39 is 0 Å². The Morgan fingerprint density at radius 3 is 2.67 bits per heavy atom. The minimum absolute atomic E-state index is 0.0743. The first kappa shape index (κ1) is 14.2. The van der Waals surface area contributed by atoms with Gasteiger partial charge >= 0.3 is 0 Å². The number of methoxy groups -OCH3 is 1. The quantitative estimate of drug-likeness (QED) is 0.783. The van der Waals surface area contributed by atoms with Crippen LogP contribution in [0, 0.1) is 0 Å². The SMILES string of the molecule is CCN(CC(N)=S)C(=O)c1ccc(OC)c(O)c1. The molecule has 1 rings (SSSR count). The van der Waals surface area contributed by atoms with Crippen LogP contribution in [-0.2, 0) is 0 Å². The number of aromatic hydroxyl groups is 1. The number of hydrogen-bond acceptors (Lipinski definition) is 4. The molecule has 0 saturated heterocycles. The maximum atomic E-state index is 12.1. The molecule has 1 amide bonds. The molecule has 1 aromatic carbocycles. The van der Waals surface area contributed by atoms with Gasteiger partial charge in [0.25, 0.3) is 5.91 Å². The minimum Gasteiger partial charge on any atom is -0.504 e. The zero-order valence-electron chi connectivity index (χ0n) is 10.3. The van der Waals surface area contributed by atoms with Crippen molar-refractivity contribution in [3.8, 4) is 11.5 Å². The van der Waals surface area contributed by atoms with Gasteiger partial charge in [-0.2, -0.15) is 0 Å². The van der Waals surface area contributed by atoms with E-state index in [4.69, 9.17) is 22.7 Å². The molecule has 0 heterocycles. The highest BCUT2D eigenvalue weighted by Gasteiger charge is 2.16. The molecule has 18 heavy (non-hydrogen) atoms. The predicted octanol–water partition coefficient (Wildman–Crippen LogP) is 1.15. The summed E-state index contributed by atoms with van der Waals surface area (Å²) in [4.78, 5) is 13.9. The molecular weight excluding hydrogens is 252 g/mol. The van der Waals surface area contributed by atoms with Crippen molar-refractivity contribution in [2.75, 3.05) is 20.2 Å². The highest BCUT2D eigenvalue weighted by molar-refractivity contribution is 7.80. The number of carbonyl (C=O) groups is 1. The van der Waals surface area contributed by atoms with Crippen LogP contribution < -0.4 is 10.5 Å². The van der Waals surface area contributed by atoms with Gasteiger partial charge in [0, 0.05) is 12.1 Å². The Morgan fingerprint density at radius 1 is 1.56 bits per heavy atom.